The van der Waals surface area contributed by atoms with Gasteiger partial charge >= 0.3 is 0 Å². The minimum atomic E-state index is -0.0519. The van der Waals surface area contributed by atoms with Crippen LogP contribution in [-0.4, -0.2) is 30.1 Å². The molecule has 1 aliphatic carbocycles. The standard InChI is InChI=1S/C11H14N2O2/c12-5-11(15)8-2-1-7-3-9(6-14)13-10(7)4-8/h1-4,7,10,13-14H,5-6,12H2. The van der Waals surface area contributed by atoms with Gasteiger partial charge in [-0.2, -0.15) is 0 Å². The van der Waals surface area contributed by atoms with E-state index < -0.39 is 0 Å². The van der Waals surface area contributed by atoms with Crippen LogP contribution in [0.3, 0.4) is 0 Å². The van der Waals surface area contributed by atoms with Crippen LogP contribution in [-0.2, 0) is 4.79 Å². The Kier molecular flexibility index (Phi) is 2.70. The van der Waals surface area contributed by atoms with Crippen molar-refractivity contribution in [1.29, 1.82) is 0 Å². The third-order valence-electron chi connectivity index (χ3n) is 2.70. The highest BCUT2D eigenvalue weighted by Gasteiger charge is 2.26. The number of nitrogens with one attached hydrogen (secondary N) is 1. The van der Waals surface area contributed by atoms with E-state index in [0.29, 0.717) is 5.57 Å². The summed E-state index contributed by atoms with van der Waals surface area (Å²) >= 11 is 0. The summed E-state index contributed by atoms with van der Waals surface area (Å²) < 4.78 is 0. The molecule has 2 atom stereocenters. The lowest BCUT2D eigenvalue weighted by Crippen LogP contribution is -2.30. The Bertz CT molecular complexity index is 369. The Labute approximate surface area is 88.2 Å². The van der Waals surface area contributed by atoms with Crippen molar-refractivity contribution in [3.63, 3.8) is 0 Å². The van der Waals surface area contributed by atoms with Crippen LogP contribution in [0.5, 0.6) is 0 Å². The van der Waals surface area contributed by atoms with Crippen LogP contribution in [0.1, 0.15) is 0 Å². The molecule has 2 unspecified atom stereocenters. The number of aliphatic hydroxyl groups is 1. The van der Waals surface area contributed by atoms with E-state index in [9.17, 15) is 4.79 Å². The van der Waals surface area contributed by atoms with Crippen molar-refractivity contribution < 1.29 is 9.90 Å². The third-order valence-corrected chi connectivity index (χ3v) is 2.70. The van der Waals surface area contributed by atoms with Crippen molar-refractivity contribution >= 4 is 5.78 Å². The second-order valence-corrected chi connectivity index (χ2v) is 3.71. The molecule has 0 amide bonds. The predicted octanol–water partition coefficient (Wildman–Crippen LogP) is -0.525. The van der Waals surface area contributed by atoms with Gasteiger partial charge < -0.3 is 16.2 Å². The lowest BCUT2D eigenvalue weighted by molar-refractivity contribution is -0.114. The van der Waals surface area contributed by atoms with Crippen molar-refractivity contribution in [1.82, 2.24) is 5.32 Å². The minimum absolute atomic E-state index is 0.00878. The number of fused-ring (bicyclic) bond motifs is 1. The minimum Gasteiger partial charge on any atom is -0.390 e. The molecule has 2 aliphatic rings. The number of nitrogens with two attached hydrogens (primary N) is 1. The molecule has 2 rings (SSSR count). The number of Topliss-reactive ketones (excluding diaryl/α,β-unsaturated/α-hetero) is 1. The van der Waals surface area contributed by atoms with Gasteiger partial charge in [-0.05, 0) is 0 Å². The van der Waals surface area contributed by atoms with E-state index >= 15 is 0 Å². The molecule has 0 aromatic rings. The maximum absolute atomic E-state index is 11.4. The first-order chi connectivity index (χ1) is 7.24. The van der Waals surface area contributed by atoms with Crippen molar-refractivity contribution in [3.05, 3.63) is 35.6 Å². The van der Waals surface area contributed by atoms with Gasteiger partial charge in [0.2, 0.25) is 0 Å². The van der Waals surface area contributed by atoms with Gasteiger partial charge in [0.1, 0.15) is 0 Å². The zero-order valence-electron chi connectivity index (χ0n) is 8.31. The number of ketones is 1. The van der Waals surface area contributed by atoms with Gasteiger partial charge in [-0.15, -0.1) is 0 Å². The molecule has 0 saturated carbocycles. The first-order valence-corrected chi connectivity index (χ1v) is 4.96. The quantitative estimate of drug-likeness (QED) is 0.580. The molecular weight excluding hydrogens is 192 g/mol. The van der Waals surface area contributed by atoms with E-state index in [2.05, 4.69) is 5.32 Å². The molecule has 4 N–H and O–H groups in total. The van der Waals surface area contributed by atoms with Gasteiger partial charge in [-0.3, -0.25) is 4.79 Å². The molecular formula is C11H14N2O2. The topological polar surface area (TPSA) is 75.4 Å². The molecule has 0 spiro atoms. The maximum Gasteiger partial charge on any atom is 0.176 e. The summed E-state index contributed by atoms with van der Waals surface area (Å²) in [6, 6.07) is 0.0858. The summed E-state index contributed by atoms with van der Waals surface area (Å²) in [6.45, 7) is 0.0443. The number of carbonyl (C=O) groups is 1. The Morgan fingerprint density at radius 1 is 1.53 bits per heavy atom. The van der Waals surface area contributed by atoms with E-state index in [4.69, 9.17) is 10.8 Å². The van der Waals surface area contributed by atoms with Gasteiger partial charge in [0.15, 0.2) is 5.78 Å². The lowest BCUT2D eigenvalue weighted by atomic mass is 9.92. The van der Waals surface area contributed by atoms with Crippen LogP contribution in [0.2, 0.25) is 0 Å². The zero-order valence-corrected chi connectivity index (χ0v) is 8.31. The third kappa shape index (κ3) is 1.86. The van der Waals surface area contributed by atoms with Gasteiger partial charge in [0.05, 0.1) is 19.2 Å². The monoisotopic (exact) mass is 206 g/mol. The molecule has 4 heteroatoms. The molecule has 0 aromatic heterocycles. The van der Waals surface area contributed by atoms with Crippen molar-refractivity contribution in [2.45, 2.75) is 6.04 Å². The van der Waals surface area contributed by atoms with Gasteiger partial charge in [-0.1, -0.05) is 24.3 Å². The van der Waals surface area contributed by atoms with Crippen LogP contribution in [0, 0.1) is 5.92 Å². The van der Waals surface area contributed by atoms with Crippen molar-refractivity contribution in [2.75, 3.05) is 13.2 Å². The normalized spacial score (nSPS) is 27.9. The van der Waals surface area contributed by atoms with E-state index in [1.54, 1.807) is 6.08 Å². The van der Waals surface area contributed by atoms with Gasteiger partial charge in [0, 0.05) is 17.2 Å². The van der Waals surface area contributed by atoms with Gasteiger partial charge in [0.25, 0.3) is 0 Å². The Morgan fingerprint density at radius 3 is 3.00 bits per heavy atom. The number of carbonyl (C=O) groups excluding carboxylic acids is 1. The van der Waals surface area contributed by atoms with E-state index in [1.165, 1.54) is 0 Å². The molecule has 0 radical (unpaired) electrons. The average molecular weight is 206 g/mol. The van der Waals surface area contributed by atoms with Crippen LogP contribution in [0.4, 0.5) is 0 Å². The smallest absolute Gasteiger partial charge is 0.176 e. The highest BCUT2D eigenvalue weighted by molar-refractivity contribution is 5.99. The van der Waals surface area contributed by atoms with Crippen molar-refractivity contribution in [2.24, 2.45) is 11.7 Å². The number of rotatable bonds is 3. The molecule has 0 saturated heterocycles. The summed E-state index contributed by atoms with van der Waals surface area (Å²) in [7, 11) is 0. The fourth-order valence-electron chi connectivity index (χ4n) is 1.89. The summed E-state index contributed by atoms with van der Waals surface area (Å²) in [5, 5.41) is 12.1. The van der Waals surface area contributed by atoms with Crippen LogP contribution in [0.15, 0.2) is 35.6 Å². The second kappa shape index (κ2) is 4.00. The highest BCUT2D eigenvalue weighted by Crippen LogP contribution is 2.25. The first-order valence-electron chi connectivity index (χ1n) is 4.96. The Hall–Kier alpha value is -1.39. The lowest BCUT2D eigenvalue weighted by Gasteiger charge is -2.18. The average Bonchev–Trinajstić information content (AvgIpc) is 2.69. The van der Waals surface area contributed by atoms with Crippen molar-refractivity contribution in [3.8, 4) is 0 Å². The SMILES string of the molecule is NCC(=O)C1=CC2NC(CO)=CC2C=C1. The second-order valence-electron chi connectivity index (χ2n) is 3.71. The molecule has 1 heterocycles. The molecule has 0 aromatic carbocycles. The van der Waals surface area contributed by atoms with Gasteiger partial charge in [-0.25, -0.2) is 0 Å². The summed E-state index contributed by atoms with van der Waals surface area (Å²) in [5.41, 5.74) is 6.76. The van der Waals surface area contributed by atoms with Crippen LogP contribution >= 0.6 is 0 Å². The fourth-order valence-corrected chi connectivity index (χ4v) is 1.89. The van der Waals surface area contributed by atoms with Crippen LogP contribution < -0.4 is 11.1 Å². The molecule has 15 heavy (non-hydrogen) atoms. The molecule has 80 valence electrons. The Morgan fingerprint density at radius 2 is 2.33 bits per heavy atom. The highest BCUT2D eigenvalue weighted by atomic mass is 16.3. The summed E-state index contributed by atoms with van der Waals surface area (Å²) in [5.74, 6) is 0.186. The Balaban J connectivity index is 2.14. The van der Waals surface area contributed by atoms with E-state index in [-0.39, 0.29) is 30.9 Å². The molecule has 0 bridgehead atoms. The first kappa shape index (κ1) is 10.1. The number of hydrogen-bond donors (Lipinski definition) is 3. The molecule has 1 aliphatic heterocycles. The summed E-state index contributed by atoms with van der Waals surface area (Å²) in [6.07, 6.45) is 7.61. The largest absolute Gasteiger partial charge is 0.390 e. The number of aliphatic hydroxyl groups excluding tert-OH is 1. The van der Waals surface area contributed by atoms with E-state index in [0.717, 1.165) is 5.70 Å². The molecule has 4 nitrogen and oxygen atoms in total. The number of allylic oxidation sites excluding steroid dienone is 1. The van der Waals surface area contributed by atoms with Crippen LogP contribution in [0.25, 0.3) is 0 Å². The maximum atomic E-state index is 11.4. The summed E-state index contributed by atoms with van der Waals surface area (Å²) in [4.78, 5) is 11.4. The number of hydrogen-bond acceptors (Lipinski definition) is 4. The predicted molar refractivity (Wildman–Crippen MR) is 56.9 cm³/mol. The zero-order chi connectivity index (χ0) is 10.8. The fraction of sp³-hybridized carbons (Fsp3) is 0.364. The van der Waals surface area contributed by atoms with E-state index in [1.807, 2.05) is 18.2 Å². The molecule has 0 fully saturated rings.